The predicted molar refractivity (Wildman–Crippen MR) is 68.0 cm³/mol. The molecule has 2 aliphatic heterocycles. The van der Waals surface area contributed by atoms with Crippen molar-refractivity contribution in [3.8, 4) is 0 Å². The van der Waals surface area contributed by atoms with Crippen molar-refractivity contribution in [2.24, 2.45) is 0 Å². The number of furan rings is 1. The van der Waals surface area contributed by atoms with E-state index in [4.69, 9.17) is 13.9 Å². The molecule has 0 N–H and O–H groups in total. The van der Waals surface area contributed by atoms with Crippen LogP contribution in [0.3, 0.4) is 0 Å². The number of carbonyl (C=O) groups is 1. The van der Waals surface area contributed by atoms with Crippen LogP contribution in [0.2, 0.25) is 0 Å². The first-order chi connectivity index (χ1) is 9.11. The van der Waals surface area contributed by atoms with E-state index < -0.39 is 5.79 Å². The van der Waals surface area contributed by atoms with Gasteiger partial charge in [-0.05, 0) is 13.8 Å². The minimum absolute atomic E-state index is 0.0524. The molecule has 2 saturated heterocycles. The first-order valence-electron chi connectivity index (χ1n) is 6.73. The second-order valence-corrected chi connectivity index (χ2v) is 5.25. The van der Waals surface area contributed by atoms with E-state index in [1.54, 1.807) is 6.26 Å². The molecule has 1 spiro atoms. The van der Waals surface area contributed by atoms with Crippen molar-refractivity contribution >= 4 is 5.91 Å². The van der Waals surface area contributed by atoms with Gasteiger partial charge in [0.25, 0.3) is 5.91 Å². The molecular weight excluding hydrogens is 246 g/mol. The maximum Gasteiger partial charge on any atom is 0.257 e. The average Bonchev–Trinajstić information content (AvgIpc) is 2.98. The average molecular weight is 265 g/mol. The Kier molecular flexibility index (Phi) is 3.11. The molecule has 0 aliphatic carbocycles. The molecule has 1 amide bonds. The van der Waals surface area contributed by atoms with Crippen LogP contribution < -0.4 is 0 Å². The van der Waals surface area contributed by atoms with Gasteiger partial charge in [-0.1, -0.05) is 0 Å². The maximum absolute atomic E-state index is 12.5. The van der Waals surface area contributed by atoms with Gasteiger partial charge in [-0.3, -0.25) is 4.79 Å². The van der Waals surface area contributed by atoms with Gasteiger partial charge in [-0.2, -0.15) is 0 Å². The molecule has 0 unspecified atom stereocenters. The molecule has 1 aromatic heterocycles. The third kappa shape index (κ3) is 2.17. The van der Waals surface area contributed by atoms with Crippen LogP contribution in [0.5, 0.6) is 0 Å². The van der Waals surface area contributed by atoms with Gasteiger partial charge in [0.05, 0.1) is 25.0 Å². The lowest BCUT2D eigenvalue weighted by atomic mass is 10.0. The minimum Gasteiger partial charge on any atom is -0.469 e. The molecule has 0 saturated carbocycles. The lowest BCUT2D eigenvalue weighted by Gasteiger charge is -2.37. The van der Waals surface area contributed by atoms with Crippen molar-refractivity contribution in [3.63, 3.8) is 0 Å². The molecule has 2 aliphatic rings. The molecular formula is C14H19NO4. The third-order valence-corrected chi connectivity index (χ3v) is 4.00. The zero-order valence-electron chi connectivity index (χ0n) is 11.4. The monoisotopic (exact) mass is 265 g/mol. The van der Waals surface area contributed by atoms with Crippen LogP contribution in [-0.4, -0.2) is 42.9 Å². The molecule has 1 aromatic rings. The molecule has 0 atom stereocenters. The van der Waals surface area contributed by atoms with Crippen LogP contribution >= 0.6 is 0 Å². The fraction of sp³-hybridized carbons (Fsp3) is 0.643. The number of rotatable bonds is 1. The van der Waals surface area contributed by atoms with E-state index in [9.17, 15) is 4.79 Å². The van der Waals surface area contributed by atoms with E-state index in [-0.39, 0.29) is 5.91 Å². The molecule has 0 bridgehead atoms. The number of piperidine rings is 1. The van der Waals surface area contributed by atoms with E-state index >= 15 is 0 Å². The summed E-state index contributed by atoms with van der Waals surface area (Å²) in [6, 6.07) is 0. The zero-order chi connectivity index (χ0) is 13.5. The van der Waals surface area contributed by atoms with Crippen LogP contribution in [0.15, 0.2) is 10.7 Å². The summed E-state index contributed by atoms with van der Waals surface area (Å²) in [7, 11) is 0. The third-order valence-electron chi connectivity index (χ3n) is 4.00. The number of hydrogen-bond donors (Lipinski definition) is 0. The number of hydrogen-bond acceptors (Lipinski definition) is 4. The van der Waals surface area contributed by atoms with E-state index in [0.717, 1.165) is 18.4 Å². The number of carbonyl (C=O) groups excluding carboxylic acids is 1. The minimum atomic E-state index is -0.433. The summed E-state index contributed by atoms with van der Waals surface area (Å²) in [5.41, 5.74) is 1.60. The summed E-state index contributed by atoms with van der Waals surface area (Å²) < 4.78 is 16.6. The molecule has 5 heteroatoms. The fourth-order valence-corrected chi connectivity index (χ4v) is 2.89. The SMILES string of the molecule is Cc1coc(C)c1C(=O)N1CCC2(CC1)OCCO2. The molecule has 3 rings (SSSR count). The van der Waals surface area contributed by atoms with Gasteiger partial charge in [-0.15, -0.1) is 0 Å². The molecule has 2 fully saturated rings. The second kappa shape index (κ2) is 4.65. The van der Waals surface area contributed by atoms with Crippen LogP contribution in [0.4, 0.5) is 0 Å². The Labute approximate surface area is 112 Å². The maximum atomic E-state index is 12.5. The smallest absolute Gasteiger partial charge is 0.257 e. The van der Waals surface area contributed by atoms with Crippen LogP contribution in [0, 0.1) is 13.8 Å². The number of ether oxygens (including phenoxy) is 2. The van der Waals surface area contributed by atoms with Gasteiger partial charge >= 0.3 is 0 Å². The van der Waals surface area contributed by atoms with Gasteiger partial charge in [0, 0.05) is 31.5 Å². The Morgan fingerprint density at radius 3 is 2.37 bits per heavy atom. The molecule has 3 heterocycles. The highest BCUT2D eigenvalue weighted by Crippen LogP contribution is 2.32. The summed E-state index contributed by atoms with van der Waals surface area (Å²) in [5.74, 6) is 0.310. The highest BCUT2D eigenvalue weighted by molar-refractivity contribution is 5.96. The first-order valence-corrected chi connectivity index (χ1v) is 6.73. The lowest BCUT2D eigenvalue weighted by Crippen LogP contribution is -2.47. The fourth-order valence-electron chi connectivity index (χ4n) is 2.89. The topological polar surface area (TPSA) is 51.9 Å². The van der Waals surface area contributed by atoms with Gasteiger partial charge in [-0.25, -0.2) is 0 Å². The number of aryl methyl sites for hydroxylation is 2. The Morgan fingerprint density at radius 1 is 1.21 bits per heavy atom. The lowest BCUT2D eigenvalue weighted by molar-refractivity contribution is -0.181. The highest BCUT2D eigenvalue weighted by Gasteiger charge is 2.41. The van der Waals surface area contributed by atoms with Crippen molar-refractivity contribution in [1.82, 2.24) is 4.90 Å². The van der Waals surface area contributed by atoms with Crippen molar-refractivity contribution < 1.29 is 18.7 Å². The number of amides is 1. The molecule has 104 valence electrons. The van der Waals surface area contributed by atoms with Crippen LogP contribution in [-0.2, 0) is 9.47 Å². The summed E-state index contributed by atoms with van der Waals surface area (Å²) in [5, 5.41) is 0. The number of likely N-dealkylation sites (tertiary alicyclic amines) is 1. The second-order valence-electron chi connectivity index (χ2n) is 5.25. The Bertz CT molecular complexity index is 458. The molecule has 0 aromatic carbocycles. The summed E-state index contributed by atoms with van der Waals surface area (Å²) in [6.45, 7) is 6.39. The molecule has 0 radical (unpaired) electrons. The van der Waals surface area contributed by atoms with Gasteiger partial charge in [0.15, 0.2) is 5.79 Å². The van der Waals surface area contributed by atoms with E-state index in [1.807, 2.05) is 18.7 Å². The van der Waals surface area contributed by atoms with Crippen molar-refractivity contribution in [3.05, 3.63) is 23.2 Å². The van der Waals surface area contributed by atoms with Gasteiger partial charge < -0.3 is 18.8 Å². The number of nitrogens with zero attached hydrogens (tertiary/aromatic N) is 1. The zero-order valence-corrected chi connectivity index (χ0v) is 11.4. The van der Waals surface area contributed by atoms with Crippen molar-refractivity contribution in [2.75, 3.05) is 26.3 Å². The van der Waals surface area contributed by atoms with E-state index in [0.29, 0.717) is 37.6 Å². The Hall–Kier alpha value is -1.33. The van der Waals surface area contributed by atoms with E-state index in [2.05, 4.69) is 0 Å². The Balaban J connectivity index is 1.70. The highest BCUT2D eigenvalue weighted by atomic mass is 16.7. The normalized spacial score (nSPS) is 22.1. The van der Waals surface area contributed by atoms with Gasteiger partial charge in [0.2, 0.25) is 0 Å². The van der Waals surface area contributed by atoms with Gasteiger partial charge in [0.1, 0.15) is 5.76 Å². The molecule has 19 heavy (non-hydrogen) atoms. The first kappa shape index (κ1) is 12.7. The van der Waals surface area contributed by atoms with E-state index in [1.165, 1.54) is 0 Å². The van der Waals surface area contributed by atoms with Crippen LogP contribution in [0.1, 0.15) is 34.5 Å². The quantitative estimate of drug-likeness (QED) is 0.778. The predicted octanol–water partition coefficient (Wildman–Crippen LogP) is 1.88. The Morgan fingerprint density at radius 2 is 1.84 bits per heavy atom. The standard InChI is InChI=1S/C14H19NO4/c1-10-9-17-11(2)12(10)13(16)15-5-3-14(4-6-15)18-7-8-19-14/h9H,3-8H2,1-2H3. The summed E-state index contributed by atoms with van der Waals surface area (Å²) in [6.07, 6.45) is 3.13. The summed E-state index contributed by atoms with van der Waals surface area (Å²) >= 11 is 0. The van der Waals surface area contributed by atoms with Crippen molar-refractivity contribution in [1.29, 1.82) is 0 Å². The largest absolute Gasteiger partial charge is 0.469 e. The van der Waals surface area contributed by atoms with Crippen molar-refractivity contribution in [2.45, 2.75) is 32.5 Å². The summed E-state index contributed by atoms with van der Waals surface area (Å²) in [4.78, 5) is 14.4. The van der Waals surface area contributed by atoms with Crippen LogP contribution in [0.25, 0.3) is 0 Å². The molecule has 5 nitrogen and oxygen atoms in total.